The molecule has 8 nitrogen and oxygen atoms in total. The number of para-hydroxylation sites is 1. The zero-order chi connectivity index (χ0) is 19.1. The van der Waals surface area contributed by atoms with Crippen LogP contribution in [0, 0.1) is 0 Å². The van der Waals surface area contributed by atoms with Gasteiger partial charge in [0.15, 0.2) is 12.4 Å². The second kappa shape index (κ2) is 8.70. The van der Waals surface area contributed by atoms with Gasteiger partial charge in [-0.25, -0.2) is 0 Å². The van der Waals surface area contributed by atoms with Gasteiger partial charge in [0.05, 0.1) is 12.1 Å². The fourth-order valence-corrected chi connectivity index (χ4v) is 2.47. The lowest BCUT2D eigenvalue weighted by Gasteiger charge is -2.13. The Morgan fingerprint density at radius 2 is 1.74 bits per heavy atom. The Labute approximate surface area is 156 Å². The lowest BCUT2D eigenvalue weighted by molar-refractivity contribution is -0.145. The first kappa shape index (κ1) is 18.2. The lowest BCUT2D eigenvalue weighted by Crippen LogP contribution is -2.34. The maximum atomic E-state index is 12.1. The van der Waals surface area contributed by atoms with E-state index in [0.29, 0.717) is 11.4 Å². The summed E-state index contributed by atoms with van der Waals surface area (Å²) in [4.78, 5) is 24.2. The molecule has 3 rings (SSSR count). The van der Waals surface area contributed by atoms with Crippen molar-refractivity contribution >= 4 is 11.9 Å². The van der Waals surface area contributed by atoms with Crippen molar-refractivity contribution in [1.82, 2.24) is 25.5 Å². The van der Waals surface area contributed by atoms with Crippen LogP contribution in [0.5, 0.6) is 0 Å². The van der Waals surface area contributed by atoms with E-state index in [1.807, 2.05) is 36.4 Å². The van der Waals surface area contributed by atoms with Crippen LogP contribution in [0.2, 0.25) is 0 Å². The van der Waals surface area contributed by atoms with Gasteiger partial charge in [-0.05, 0) is 41.6 Å². The molecule has 1 N–H and O–H groups in total. The number of rotatable bonds is 7. The molecule has 0 radical (unpaired) electrons. The highest BCUT2D eigenvalue weighted by Crippen LogP contribution is 2.08. The molecule has 3 aromatic rings. The predicted molar refractivity (Wildman–Crippen MR) is 96.9 cm³/mol. The highest BCUT2D eigenvalue weighted by Gasteiger charge is 2.16. The molecular formula is C19H19N5O3. The van der Waals surface area contributed by atoms with Gasteiger partial charge < -0.3 is 10.1 Å². The third-order valence-electron chi connectivity index (χ3n) is 3.78. The maximum absolute atomic E-state index is 12.1. The summed E-state index contributed by atoms with van der Waals surface area (Å²) in [6, 6.07) is 17.8. The SMILES string of the molecule is CC(CC(=O)OCc1nnnn1-c1ccccc1)NC(=O)c1ccccc1. The van der Waals surface area contributed by atoms with Crippen LogP contribution in [0.15, 0.2) is 60.7 Å². The zero-order valence-corrected chi connectivity index (χ0v) is 14.8. The molecule has 1 atom stereocenters. The molecule has 0 saturated heterocycles. The lowest BCUT2D eigenvalue weighted by atomic mass is 10.2. The van der Waals surface area contributed by atoms with E-state index >= 15 is 0 Å². The van der Waals surface area contributed by atoms with E-state index in [0.717, 1.165) is 5.69 Å². The minimum Gasteiger partial charge on any atom is -0.457 e. The number of ether oxygens (including phenoxy) is 1. The van der Waals surface area contributed by atoms with E-state index in [1.165, 1.54) is 4.68 Å². The molecular weight excluding hydrogens is 346 g/mol. The van der Waals surface area contributed by atoms with E-state index in [9.17, 15) is 9.59 Å². The Morgan fingerprint density at radius 1 is 1.07 bits per heavy atom. The van der Waals surface area contributed by atoms with E-state index in [4.69, 9.17) is 4.74 Å². The molecule has 1 heterocycles. The van der Waals surface area contributed by atoms with Gasteiger partial charge in [0.1, 0.15) is 0 Å². The van der Waals surface area contributed by atoms with Crippen molar-refractivity contribution in [2.24, 2.45) is 0 Å². The first-order chi connectivity index (χ1) is 13.1. The van der Waals surface area contributed by atoms with Crippen molar-refractivity contribution in [3.63, 3.8) is 0 Å². The number of hydrogen-bond acceptors (Lipinski definition) is 6. The van der Waals surface area contributed by atoms with Crippen LogP contribution in [0.3, 0.4) is 0 Å². The molecule has 0 spiro atoms. The van der Waals surface area contributed by atoms with E-state index in [1.54, 1.807) is 31.2 Å². The minimum atomic E-state index is -0.446. The van der Waals surface area contributed by atoms with Crippen LogP contribution in [0.25, 0.3) is 5.69 Å². The number of amides is 1. The highest BCUT2D eigenvalue weighted by atomic mass is 16.5. The molecule has 1 unspecified atom stereocenters. The van der Waals surface area contributed by atoms with Crippen LogP contribution in [-0.4, -0.2) is 38.1 Å². The molecule has 0 bridgehead atoms. The maximum Gasteiger partial charge on any atom is 0.308 e. The Hall–Kier alpha value is -3.55. The number of carbonyl (C=O) groups is 2. The molecule has 0 aliphatic rings. The summed E-state index contributed by atoms with van der Waals surface area (Å²) in [7, 11) is 0. The Kier molecular flexibility index (Phi) is 5.88. The van der Waals surface area contributed by atoms with Crippen molar-refractivity contribution in [2.75, 3.05) is 0 Å². The van der Waals surface area contributed by atoms with Crippen molar-refractivity contribution in [1.29, 1.82) is 0 Å². The molecule has 1 aromatic heterocycles. The summed E-state index contributed by atoms with van der Waals surface area (Å²) in [5.41, 5.74) is 1.32. The number of esters is 1. The number of nitrogens with one attached hydrogen (secondary N) is 1. The summed E-state index contributed by atoms with van der Waals surface area (Å²) in [5, 5.41) is 14.2. The van der Waals surface area contributed by atoms with Gasteiger partial charge in [-0.2, -0.15) is 4.68 Å². The quantitative estimate of drug-likeness (QED) is 0.642. The molecule has 1 amide bonds. The first-order valence-corrected chi connectivity index (χ1v) is 8.47. The standard InChI is InChI=1S/C19H19N5O3/c1-14(20-19(26)15-8-4-2-5-9-15)12-18(25)27-13-17-21-22-23-24(17)16-10-6-3-7-11-16/h2-11,14H,12-13H2,1H3,(H,20,26). The monoisotopic (exact) mass is 365 g/mol. The van der Waals surface area contributed by atoms with E-state index in [-0.39, 0.29) is 25.0 Å². The average molecular weight is 365 g/mol. The average Bonchev–Trinajstić information content (AvgIpc) is 3.16. The molecule has 138 valence electrons. The highest BCUT2D eigenvalue weighted by molar-refractivity contribution is 5.94. The van der Waals surface area contributed by atoms with Crippen LogP contribution >= 0.6 is 0 Å². The minimum absolute atomic E-state index is 0.0471. The van der Waals surface area contributed by atoms with Gasteiger partial charge in [0, 0.05) is 11.6 Å². The summed E-state index contributed by atoms with van der Waals surface area (Å²) in [5.74, 6) is -0.266. The fourth-order valence-electron chi connectivity index (χ4n) is 2.47. The van der Waals surface area contributed by atoms with Gasteiger partial charge >= 0.3 is 5.97 Å². The number of carbonyl (C=O) groups excluding carboxylic acids is 2. The summed E-state index contributed by atoms with van der Waals surface area (Å²) in [6.45, 7) is 1.69. The fraction of sp³-hybridized carbons (Fsp3) is 0.211. The molecule has 27 heavy (non-hydrogen) atoms. The number of nitrogens with zero attached hydrogens (tertiary/aromatic N) is 4. The third-order valence-corrected chi connectivity index (χ3v) is 3.78. The second-order valence-electron chi connectivity index (χ2n) is 5.95. The van der Waals surface area contributed by atoms with Crippen molar-refractivity contribution < 1.29 is 14.3 Å². The van der Waals surface area contributed by atoms with E-state index in [2.05, 4.69) is 20.8 Å². The smallest absolute Gasteiger partial charge is 0.308 e. The van der Waals surface area contributed by atoms with Crippen molar-refractivity contribution in [3.05, 3.63) is 72.1 Å². The molecule has 8 heteroatoms. The molecule has 0 saturated carbocycles. The van der Waals surface area contributed by atoms with Gasteiger partial charge in [-0.15, -0.1) is 5.10 Å². The third kappa shape index (κ3) is 4.97. The summed E-state index contributed by atoms with van der Waals surface area (Å²) >= 11 is 0. The zero-order valence-electron chi connectivity index (χ0n) is 14.8. The van der Waals surface area contributed by atoms with Gasteiger partial charge in [0.25, 0.3) is 5.91 Å². The summed E-state index contributed by atoms with van der Waals surface area (Å²) < 4.78 is 6.76. The first-order valence-electron chi connectivity index (χ1n) is 8.47. The largest absolute Gasteiger partial charge is 0.457 e. The second-order valence-corrected chi connectivity index (χ2v) is 5.95. The Bertz CT molecular complexity index is 896. The molecule has 0 aliphatic heterocycles. The Balaban J connectivity index is 1.50. The molecule has 2 aromatic carbocycles. The Morgan fingerprint density at radius 3 is 2.44 bits per heavy atom. The number of tetrazole rings is 1. The van der Waals surface area contributed by atoms with Crippen LogP contribution < -0.4 is 5.32 Å². The number of aromatic nitrogens is 4. The van der Waals surface area contributed by atoms with Crippen LogP contribution in [0.4, 0.5) is 0 Å². The van der Waals surface area contributed by atoms with Gasteiger partial charge in [-0.1, -0.05) is 36.4 Å². The van der Waals surface area contributed by atoms with Crippen molar-refractivity contribution in [2.45, 2.75) is 26.0 Å². The predicted octanol–water partition coefficient (Wildman–Crippen LogP) is 1.91. The van der Waals surface area contributed by atoms with Crippen LogP contribution in [-0.2, 0) is 16.1 Å². The molecule has 0 fully saturated rings. The molecule has 0 aliphatic carbocycles. The topological polar surface area (TPSA) is 99.0 Å². The van der Waals surface area contributed by atoms with E-state index < -0.39 is 5.97 Å². The van der Waals surface area contributed by atoms with Crippen molar-refractivity contribution in [3.8, 4) is 5.69 Å². The summed E-state index contributed by atoms with van der Waals surface area (Å²) in [6.07, 6.45) is 0.0471. The number of hydrogen-bond donors (Lipinski definition) is 1. The van der Waals surface area contributed by atoms with Gasteiger partial charge in [-0.3, -0.25) is 9.59 Å². The van der Waals surface area contributed by atoms with Gasteiger partial charge in [0.2, 0.25) is 0 Å². The van der Waals surface area contributed by atoms with Crippen LogP contribution in [0.1, 0.15) is 29.5 Å². The number of benzene rings is 2. The normalized spacial score (nSPS) is 11.6.